The number of hydrogen-bond acceptors (Lipinski definition) is 1. The molecular formula is C24H44NO2+. The minimum Gasteiger partial charge on any atom is -0.481 e. The molecule has 0 atom stereocenters. The van der Waals surface area contributed by atoms with E-state index in [1.807, 2.05) is 0 Å². The van der Waals surface area contributed by atoms with E-state index < -0.39 is 5.97 Å². The zero-order chi connectivity index (χ0) is 20.8. The Morgan fingerprint density at radius 2 is 1.07 bits per heavy atom. The zero-order valence-electron chi connectivity index (χ0n) is 18.5. The first-order chi connectivity index (χ1) is 12.8. The summed E-state index contributed by atoms with van der Waals surface area (Å²) in [5.41, 5.74) is 0. The molecule has 0 fully saturated rings. The number of unbranched alkanes of at least 4 members (excludes halogenated alkanes) is 4. The average molecular weight is 379 g/mol. The van der Waals surface area contributed by atoms with Crippen LogP contribution in [0.15, 0.2) is 48.6 Å². The van der Waals surface area contributed by atoms with Crippen molar-refractivity contribution in [1.82, 2.24) is 0 Å². The molecule has 0 heterocycles. The van der Waals surface area contributed by atoms with E-state index in [9.17, 15) is 4.79 Å². The highest BCUT2D eigenvalue weighted by Gasteiger charge is 1.92. The number of carboxylic acid groups (broad SMARTS) is 1. The monoisotopic (exact) mass is 378 g/mol. The fourth-order valence-electron chi connectivity index (χ4n) is 1.93. The highest BCUT2D eigenvalue weighted by molar-refractivity contribution is 5.66. The van der Waals surface area contributed by atoms with Crippen molar-refractivity contribution in [3.05, 3.63) is 48.6 Å². The summed E-state index contributed by atoms with van der Waals surface area (Å²) in [7, 11) is 8.50. The molecule has 0 aliphatic carbocycles. The van der Waals surface area contributed by atoms with Crippen LogP contribution >= 0.6 is 0 Å². The lowest BCUT2D eigenvalue weighted by Crippen LogP contribution is -2.27. The van der Waals surface area contributed by atoms with Crippen molar-refractivity contribution in [2.24, 2.45) is 0 Å². The van der Waals surface area contributed by atoms with Crippen LogP contribution in [0, 0.1) is 0 Å². The Hall–Kier alpha value is -1.61. The molecule has 0 spiro atoms. The van der Waals surface area contributed by atoms with E-state index in [-0.39, 0.29) is 6.42 Å². The third-order valence-corrected chi connectivity index (χ3v) is 3.22. The Kier molecular flexibility index (Phi) is 21.2. The Morgan fingerprint density at radius 3 is 1.44 bits per heavy atom. The van der Waals surface area contributed by atoms with Crippen molar-refractivity contribution in [2.75, 3.05) is 28.2 Å². The summed E-state index contributed by atoms with van der Waals surface area (Å²) in [6.07, 6.45) is 27.3. The Morgan fingerprint density at radius 1 is 0.704 bits per heavy atom. The van der Waals surface area contributed by atoms with E-state index in [1.54, 1.807) is 0 Å². The van der Waals surface area contributed by atoms with Crippen molar-refractivity contribution < 1.29 is 14.4 Å². The molecule has 3 nitrogen and oxygen atoms in total. The molecule has 156 valence electrons. The van der Waals surface area contributed by atoms with Gasteiger partial charge in [0.15, 0.2) is 0 Å². The Balaban J connectivity index is 0. The number of allylic oxidation sites excluding steroid dienone is 8. The number of carbonyl (C=O) groups is 1. The molecule has 27 heavy (non-hydrogen) atoms. The van der Waals surface area contributed by atoms with E-state index in [2.05, 4.69) is 83.7 Å². The third kappa shape index (κ3) is 40.4. The van der Waals surface area contributed by atoms with Gasteiger partial charge in [0.25, 0.3) is 0 Å². The fraction of sp³-hybridized carbons (Fsp3) is 0.625. The summed E-state index contributed by atoms with van der Waals surface area (Å²) in [5.74, 6) is -0.712. The molecule has 0 aromatic heterocycles. The molecule has 0 radical (unpaired) electrons. The summed E-state index contributed by atoms with van der Waals surface area (Å²) in [6, 6.07) is 0. The van der Waals surface area contributed by atoms with Gasteiger partial charge in [-0.25, -0.2) is 0 Å². The molecule has 0 bridgehead atoms. The van der Waals surface area contributed by atoms with Gasteiger partial charge in [-0.3, -0.25) is 4.79 Å². The van der Waals surface area contributed by atoms with Crippen LogP contribution in [0.25, 0.3) is 0 Å². The van der Waals surface area contributed by atoms with E-state index in [0.29, 0.717) is 0 Å². The van der Waals surface area contributed by atoms with Crippen molar-refractivity contribution in [3.63, 3.8) is 0 Å². The Bertz CT molecular complexity index is 434. The summed E-state index contributed by atoms with van der Waals surface area (Å²) >= 11 is 0. The molecule has 1 N–H and O–H groups in total. The molecule has 0 aromatic carbocycles. The van der Waals surface area contributed by atoms with Crippen LogP contribution in [0.3, 0.4) is 0 Å². The van der Waals surface area contributed by atoms with E-state index >= 15 is 0 Å². The maximum absolute atomic E-state index is 10.3. The first-order valence-electron chi connectivity index (χ1n) is 10.4. The van der Waals surface area contributed by atoms with Gasteiger partial charge in [0.1, 0.15) is 0 Å². The van der Waals surface area contributed by atoms with Crippen LogP contribution in [0.2, 0.25) is 0 Å². The van der Waals surface area contributed by atoms with Crippen LogP contribution < -0.4 is 0 Å². The molecule has 0 saturated carbocycles. The Labute approximate surface area is 168 Å². The fourth-order valence-corrected chi connectivity index (χ4v) is 1.93. The molecule has 0 aromatic rings. The van der Waals surface area contributed by atoms with Gasteiger partial charge in [-0.2, -0.15) is 0 Å². The topological polar surface area (TPSA) is 37.3 Å². The second-order valence-corrected chi connectivity index (χ2v) is 8.06. The number of carboxylic acids is 1. The summed E-state index contributed by atoms with van der Waals surface area (Å²) in [6.45, 7) is 2.23. The van der Waals surface area contributed by atoms with E-state index in [1.165, 1.54) is 25.7 Å². The second-order valence-electron chi connectivity index (χ2n) is 8.06. The molecule has 0 rings (SSSR count). The molecule has 0 aliphatic rings. The van der Waals surface area contributed by atoms with Gasteiger partial charge in [-0.15, -0.1) is 0 Å². The number of hydrogen-bond donors (Lipinski definition) is 1. The smallest absolute Gasteiger partial charge is 0.303 e. The number of nitrogens with zero attached hydrogens (tertiary/aromatic N) is 1. The largest absolute Gasteiger partial charge is 0.481 e. The number of rotatable bonds is 14. The second kappa shape index (κ2) is 20.7. The predicted octanol–water partition coefficient (Wildman–Crippen LogP) is 6.54. The van der Waals surface area contributed by atoms with Gasteiger partial charge >= 0.3 is 5.97 Å². The molecule has 0 unspecified atom stereocenters. The van der Waals surface area contributed by atoms with Crippen molar-refractivity contribution >= 4 is 5.97 Å². The van der Waals surface area contributed by atoms with Gasteiger partial charge < -0.3 is 9.59 Å². The predicted molar refractivity (Wildman–Crippen MR) is 120 cm³/mol. The van der Waals surface area contributed by atoms with Gasteiger partial charge in [0.2, 0.25) is 0 Å². The minimum atomic E-state index is -0.712. The normalized spacial score (nSPS) is 12.3. The van der Waals surface area contributed by atoms with Crippen LogP contribution in [-0.2, 0) is 4.79 Å². The first-order valence-corrected chi connectivity index (χ1v) is 10.4. The van der Waals surface area contributed by atoms with Crippen LogP contribution in [-0.4, -0.2) is 43.7 Å². The summed E-state index contributed by atoms with van der Waals surface area (Å²) < 4.78 is 1.00. The van der Waals surface area contributed by atoms with Crippen LogP contribution in [0.4, 0.5) is 0 Å². The SMILES string of the molecule is CCCCCC=CCC=CCC=CCC=CCCCC(=O)O.C[N+](C)(C)C. The van der Waals surface area contributed by atoms with E-state index in [0.717, 1.165) is 36.6 Å². The van der Waals surface area contributed by atoms with Gasteiger partial charge in [0.05, 0.1) is 28.2 Å². The third-order valence-electron chi connectivity index (χ3n) is 3.22. The average Bonchev–Trinajstić information content (AvgIpc) is 2.56. The van der Waals surface area contributed by atoms with Gasteiger partial charge in [-0.05, 0) is 44.9 Å². The lowest BCUT2D eigenvalue weighted by molar-refractivity contribution is -0.849. The lowest BCUT2D eigenvalue weighted by atomic mass is 10.2. The lowest BCUT2D eigenvalue weighted by Gasteiger charge is -2.14. The van der Waals surface area contributed by atoms with Crippen LogP contribution in [0.1, 0.15) is 71.1 Å². The quantitative estimate of drug-likeness (QED) is 0.212. The highest BCUT2D eigenvalue weighted by Crippen LogP contribution is 2.01. The summed E-state index contributed by atoms with van der Waals surface area (Å²) in [4.78, 5) is 10.3. The molecular weight excluding hydrogens is 334 g/mol. The van der Waals surface area contributed by atoms with Crippen molar-refractivity contribution in [1.29, 1.82) is 0 Å². The standard InChI is InChI=1S/C20H32O2.C4H12N/c1-2-3-4-5-6-7-8-9-10-11-12-13-14-15-16-17-18-19-20(21)22;1-5(2,3)4/h6-7,9-10,12-13,15-16H,2-5,8,11,14,17-19H2,1H3,(H,21,22);1-4H3/q;+1. The van der Waals surface area contributed by atoms with Crippen molar-refractivity contribution in [3.8, 4) is 0 Å². The number of aliphatic carboxylic acids is 1. The summed E-state index contributed by atoms with van der Waals surface area (Å²) in [5, 5.41) is 8.49. The molecule has 0 saturated heterocycles. The highest BCUT2D eigenvalue weighted by atomic mass is 16.4. The minimum absolute atomic E-state index is 0.262. The zero-order valence-corrected chi connectivity index (χ0v) is 18.5. The molecule has 0 amide bonds. The van der Waals surface area contributed by atoms with Crippen LogP contribution in [0.5, 0.6) is 0 Å². The maximum Gasteiger partial charge on any atom is 0.303 e. The number of quaternary nitrogens is 1. The van der Waals surface area contributed by atoms with Gasteiger partial charge in [0, 0.05) is 6.42 Å². The first kappa shape index (κ1) is 27.6. The molecule has 0 aliphatic heterocycles. The van der Waals surface area contributed by atoms with E-state index in [4.69, 9.17) is 5.11 Å². The maximum atomic E-state index is 10.3. The van der Waals surface area contributed by atoms with Gasteiger partial charge in [-0.1, -0.05) is 68.4 Å². The molecule has 3 heteroatoms. The van der Waals surface area contributed by atoms with Crippen molar-refractivity contribution in [2.45, 2.75) is 71.1 Å².